The summed E-state index contributed by atoms with van der Waals surface area (Å²) in [7, 11) is 1.49. The molecule has 0 saturated carbocycles. The van der Waals surface area contributed by atoms with E-state index in [1.807, 2.05) is 0 Å². The molecule has 0 heterocycles. The molecule has 1 N–H and O–H groups in total. The van der Waals surface area contributed by atoms with E-state index in [1.165, 1.54) is 13.2 Å². The van der Waals surface area contributed by atoms with E-state index < -0.39 is 6.10 Å². The number of aliphatic hydroxyl groups excluding tert-OH is 1. The Morgan fingerprint density at radius 2 is 1.59 bits per heavy atom. The summed E-state index contributed by atoms with van der Waals surface area (Å²) in [5.41, 5.74) is 1.20. The lowest BCUT2D eigenvalue weighted by Crippen LogP contribution is -2.21. The van der Waals surface area contributed by atoms with E-state index in [4.69, 9.17) is 4.74 Å². The number of hydrogen-bond acceptors (Lipinski definition) is 4. The molecule has 2 aromatic carbocycles. The number of ketones is 2. The Bertz CT molecular complexity index is 789. The molecule has 0 radical (unpaired) electrons. The van der Waals surface area contributed by atoms with Crippen molar-refractivity contribution < 1.29 is 19.4 Å². The lowest BCUT2D eigenvalue weighted by molar-refractivity contribution is 0.0946. The fourth-order valence-electron chi connectivity index (χ4n) is 2.60. The molecule has 0 saturated heterocycles. The van der Waals surface area contributed by atoms with Gasteiger partial charge in [-0.05, 0) is 12.1 Å². The van der Waals surface area contributed by atoms with Gasteiger partial charge in [0.2, 0.25) is 0 Å². The quantitative estimate of drug-likeness (QED) is 0.945. The van der Waals surface area contributed by atoms with E-state index in [9.17, 15) is 14.7 Å². The number of ether oxygens (including phenoxy) is 1. The molecule has 1 aliphatic carbocycles. The Morgan fingerprint density at radius 3 is 2.32 bits per heavy atom. The number of rotatable bonds is 3. The molecule has 4 nitrogen and oxygen atoms in total. The van der Waals surface area contributed by atoms with Gasteiger partial charge in [-0.25, -0.2) is 0 Å². The zero-order chi connectivity index (χ0) is 15.7. The highest BCUT2D eigenvalue weighted by atomic mass is 16.5. The summed E-state index contributed by atoms with van der Waals surface area (Å²) in [5.74, 6) is -0.150. The maximum atomic E-state index is 12.6. The maximum Gasteiger partial charge on any atom is 0.192 e. The van der Waals surface area contributed by atoms with Crippen LogP contribution in [0.25, 0.3) is 0 Å². The van der Waals surface area contributed by atoms with Gasteiger partial charge in [-0.3, -0.25) is 9.59 Å². The molecule has 4 heteroatoms. The molecule has 0 bridgehead atoms. The predicted molar refractivity (Wildman–Crippen MR) is 81.1 cm³/mol. The number of carbonyl (C=O) groups excluding carboxylic acids is 2. The maximum absolute atomic E-state index is 12.6. The SMILES string of the molecule is COc1ccccc1[C@H](O)C1=CC(=O)c2ccccc2C1=O. The fourth-order valence-corrected chi connectivity index (χ4v) is 2.60. The Labute approximate surface area is 127 Å². The molecular formula is C18H14O4. The van der Waals surface area contributed by atoms with Crippen LogP contribution in [0.4, 0.5) is 0 Å². The van der Waals surface area contributed by atoms with Crippen molar-refractivity contribution in [2.45, 2.75) is 6.10 Å². The van der Waals surface area contributed by atoms with E-state index in [-0.39, 0.29) is 17.1 Å². The van der Waals surface area contributed by atoms with Crippen LogP contribution in [0.15, 0.2) is 60.2 Å². The zero-order valence-corrected chi connectivity index (χ0v) is 11.9. The van der Waals surface area contributed by atoms with Gasteiger partial charge in [0.05, 0.1) is 7.11 Å². The summed E-state index contributed by atoms with van der Waals surface area (Å²) in [6.45, 7) is 0. The number of para-hydroxylation sites is 1. The van der Waals surface area contributed by atoms with Crippen molar-refractivity contribution in [2.24, 2.45) is 0 Å². The molecule has 0 unspecified atom stereocenters. The second-order valence-electron chi connectivity index (χ2n) is 4.98. The van der Waals surface area contributed by atoms with Crippen LogP contribution in [0, 0.1) is 0 Å². The Kier molecular flexibility index (Phi) is 3.61. The van der Waals surface area contributed by atoms with E-state index in [0.717, 1.165) is 0 Å². The Morgan fingerprint density at radius 1 is 0.955 bits per heavy atom. The highest BCUT2D eigenvalue weighted by molar-refractivity contribution is 6.24. The summed E-state index contributed by atoms with van der Waals surface area (Å²) in [5, 5.41) is 10.5. The number of allylic oxidation sites excluding steroid dienone is 1. The van der Waals surface area contributed by atoms with Gasteiger partial charge in [-0.15, -0.1) is 0 Å². The van der Waals surface area contributed by atoms with Gasteiger partial charge in [0.15, 0.2) is 11.6 Å². The van der Waals surface area contributed by atoms with Crippen molar-refractivity contribution in [3.63, 3.8) is 0 Å². The minimum absolute atomic E-state index is 0.0631. The third-order valence-corrected chi connectivity index (χ3v) is 3.71. The van der Waals surface area contributed by atoms with Crippen molar-refractivity contribution in [1.82, 2.24) is 0 Å². The summed E-state index contributed by atoms with van der Waals surface area (Å²) >= 11 is 0. The number of Topliss-reactive ketones (excluding diaryl/α,β-unsaturated/α-hetero) is 1. The van der Waals surface area contributed by atoms with Crippen molar-refractivity contribution >= 4 is 11.6 Å². The van der Waals surface area contributed by atoms with Crippen LogP contribution in [0.3, 0.4) is 0 Å². The van der Waals surface area contributed by atoms with Crippen molar-refractivity contribution in [3.8, 4) is 5.75 Å². The van der Waals surface area contributed by atoms with Gasteiger partial charge in [-0.1, -0.05) is 42.5 Å². The zero-order valence-electron chi connectivity index (χ0n) is 11.9. The molecule has 1 atom stereocenters. The third kappa shape index (κ3) is 2.23. The van der Waals surface area contributed by atoms with E-state index in [2.05, 4.69) is 0 Å². The second-order valence-corrected chi connectivity index (χ2v) is 4.98. The number of fused-ring (bicyclic) bond motifs is 1. The predicted octanol–water partition coefficient (Wildman–Crippen LogP) is 2.73. The summed E-state index contributed by atoms with van der Waals surface area (Å²) < 4.78 is 5.21. The highest BCUT2D eigenvalue weighted by Crippen LogP contribution is 2.34. The molecule has 2 aromatic rings. The summed E-state index contributed by atoms with van der Waals surface area (Å²) in [6.07, 6.45) is 0.00264. The van der Waals surface area contributed by atoms with Crippen molar-refractivity contribution in [2.75, 3.05) is 7.11 Å². The number of hydrogen-bond donors (Lipinski definition) is 1. The normalized spacial score (nSPS) is 15.1. The van der Waals surface area contributed by atoms with E-state index in [1.54, 1.807) is 48.5 Å². The van der Waals surface area contributed by atoms with Crippen LogP contribution in [-0.4, -0.2) is 23.8 Å². The lowest BCUT2D eigenvalue weighted by Gasteiger charge is -2.20. The molecule has 0 amide bonds. The fraction of sp³-hybridized carbons (Fsp3) is 0.111. The molecule has 3 rings (SSSR count). The number of benzene rings is 2. The smallest absolute Gasteiger partial charge is 0.192 e. The standard InChI is InChI=1S/C18H14O4/c1-22-16-9-5-4-8-13(16)18(21)14-10-15(19)11-6-2-3-7-12(11)17(14)20/h2-10,18,21H,1H3/t18-/m0/s1. The van der Waals surface area contributed by atoms with Gasteiger partial charge in [0.25, 0.3) is 0 Å². The van der Waals surface area contributed by atoms with Gasteiger partial charge in [0.1, 0.15) is 11.9 Å². The second kappa shape index (κ2) is 5.58. The number of methoxy groups -OCH3 is 1. The average Bonchev–Trinajstić information content (AvgIpc) is 2.57. The van der Waals surface area contributed by atoms with Gasteiger partial charge in [-0.2, -0.15) is 0 Å². The summed E-state index contributed by atoms with van der Waals surface area (Å²) in [6, 6.07) is 13.5. The topological polar surface area (TPSA) is 63.6 Å². The molecular weight excluding hydrogens is 280 g/mol. The molecule has 1 aliphatic rings. The molecule has 0 spiro atoms. The van der Waals surface area contributed by atoms with Gasteiger partial charge in [0, 0.05) is 22.3 Å². The van der Waals surface area contributed by atoms with Gasteiger partial charge < -0.3 is 9.84 Å². The van der Waals surface area contributed by atoms with Crippen LogP contribution >= 0.6 is 0 Å². The van der Waals surface area contributed by atoms with Crippen LogP contribution < -0.4 is 4.74 Å². The van der Waals surface area contributed by atoms with E-state index >= 15 is 0 Å². The Hall–Kier alpha value is -2.72. The van der Waals surface area contributed by atoms with Crippen molar-refractivity contribution in [1.29, 1.82) is 0 Å². The number of aliphatic hydroxyl groups is 1. The number of carbonyl (C=O) groups is 2. The molecule has 0 fully saturated rings. The van der Waals surface area contributed by atoms with Crippen LogP contribution in [-0.2, 0) is 0 Å². The molecule has 110 valence electrons. The van der Waals surface area contributed by atoms with Crippen LogP contribution in [0.1, 0.15) is 32.4 Å². The average molecular weight is 294 g/mol. The summed E-state index contributed by atoms with van der Waals surface area (Å²) in [4.78, 5) is 24.7. The van der Waals surface area contributed by atoms with Crippen LogP contribution in [0.2, 0.25) is 0 Å². The molecule has 22 heavy (non-hydrogen) atoms. The highest BCUT2D eigenvalue weighted by Gasteiger charge is 2.30. The molecule has 0 aromatic heterocycles. The minimum atomic E-state index is -1.21. The lowest BCUT2D eigenvalue weighted by atomic mass is 9.85. The first-order valence-electron chi connectivity index (χ1n) is 6.84. The first-order chi connectivity index (χ1) is 10.6. The molecule has 0 aliphatic heterocycles. The monoisotopic (exact) mass is 294 g/mol. The van der Waals surface area contributed by atoms with E-state index in [0.29, 0.717) is 22.4 Å². The van der Waals surface area contributed by atoms with Crippen LogP contribution in [0.5, 0.6) is 5.75 Å². The Balaban J connectivity index is 2.06. The largest absolute Gasteiger partial charge is 0.496 e. The van der Waals surface area contributed by atoms with Gasteiger partial charge >= 0.3 is 0 Å². The first-order valence-corrected chi connectivity index (χ1v) is 6.84. The van der Waals surface area contributed by atoms with Crippen molar-refractivity contribution in [3.05, 3.63) is 76.9 Å². The third-order valence-electron chi connectivity index (χ3n) is 3.71. The minimum Gasteiger partial charge on any atom is -0.496 e. The first kappa shape index (κ1) is 14.2.